The number of rotatable bonds is 6. The quantitative estimate of drug-likeness (QED) is 0.724. The van der Waals surface area contributed by atoms with Crippen LogP contribution < -0.4 is 5.32 Å². The second-order valence-corrected chi connectivity index (χ2v) is 7.06. The van der Waals surface area contributed by atoms with E-state index in [0.29, 0.717) is 31.1 Å². The minimum atomic E-state index is -0.209. The van der Waals surface area contributed by atoms with Crippen molar-refractivity contribution >= 4 is 17.2 Å². The second kappa shape index (κ2) is 7.80. The maximum absolute atomic E-state index is 12.2. The molecule has 6 nitrogen and oxygen atoms in total. The monoisotopic (exact) mass is 368 g/mol. The standard InChI is InChI=1S/C19H20N4O2S/c24-19(20-7-5-16-12-26-13-21-16)17-11-25-18(22-17)10-23-8-6-14-3-1-2-4-15(14)9-23/h1-4,11-13H,5-10H2,(H,20,24). The first kappa shape index (κ1) is 16.9. The fraction of sp³-hybridized carbons (Fsp3) is 0.316. The third-order valence-electron chi connectivity index (χ3n) is 4.50. The average Bonchev–Trinajstić information content (AvgIpc) is 3.34. The van der Waals surface area contributed by atoms with Crippen molar-refractivity contribution < 1.29 is 9.21 Å². The lowest BCUT2D eigenvalue weighted by Crippen LogP contribution is -2.30. The summed E-state index contributed by atoms with van der Waals surface area (Å²) in [6, 6.07) is 8.51. The highest BCUT2D eigenvalue weighted by atomic mass is 32.1. The minimum absolute atomic E-state index is 0.209. The highest BCUT2D eigenvalue weighted by Gasteiger charge is 2.19. The van der Waals surface area contributed by atoms with Gasteiger partial charge in [-0.25, -0.2) is 9.97 Å². The molecule has 1 N–H and O–H groups in total. The number of carbonyl (C=O) groups is 1. The van der Waals surface area contributed by atoms with E-state index in [-0.39, 0.29) is 5.91 Å². The molecule has 4 rings (SSSR count). The molecule has 1 aromatic carbocycles. The minimum Gasteiger partial charge on any atom is -0.447 e. The highest BCUT2D eigenvalue weighted by molar-refractivity contribution is 7.07. The van der Waals surface area contributed by atoms with Crippen LogP contribution >= 0.6 is 11.3 Å². The molecule has 0 saturated carbocycles. The predicted molar refractivity (Wildman–Crippen MR) is 98.9 cm³/mol. The van der Waals surface area contributed by atoms with Gasteiger partial charge in [0.25, 0.3) is 5.91 Å². The molecule has 0 spiro atoms. The number of carbonyl (C=O) groups excluding carboxylic acids is 1. The topological polar surface area (TPSA) is 71.3 Å². The molecule has 3 heterocycles. The van der Waals surface area contributed by atoms with Crippen molar-refractivity contribution in [3.63, 3.8) is 0 Å². The van der Waals surface area contributed by atoms with Crippen LogP contribution in [0, 0.1) is 0 Å². The Bertz CT molecular complexity index is 875. The lowest BCUT2D eigenvalue weighted by atomic mass is 10.00. The van der Waals surface area contributed by atoms with E-state index < -0.39 is 0 Å². The Hall–Kier alpha value is -2.51. The third-order valence-corrected chi connectivity index (χ3v) is 5.14. The molecular weight excluding hydrogens is 348 g/mol. The number of nitrogens with one attached hydrogen (secondary N) is 1. The number of benzene rings is 1. The van der Waals surface area contributed by atoms with Crippen LogP contribution in [0.2, 0.25) is 0 Å². The van der Waals surface area contributed by atoms with Crippen molar-refractivity contribution in [2.75, 3.05) is 13.1 Å². The smallest absolute Gasteiger partial charge is 0.273 e. The Morgan fingerprint density at radius 3 is 3.04 bits per heavy atom. The van der Waals surface area contributed by atoms with Crippen molar-refractivity contribution in [2.45, 2.75) is 25.9 Å². The molecule has 0 aliphatic carbocycles. The number of fused-ring (bicyclic) bond motifs is 1. The van der Waals surface area contributed by atoms with Gasteiger partial charge in [-0.3, -0.25) is 9.69 Å². The number of amides is 1. The molecule has 1 aliphatic rings. The van der Waals surface area contributed by atoms with Crippen molar-refractivity contribution in [3.8, 4) is 0 Å². The molecule has 0 radical (unpaired) electrons. The van der Waals surface area contributed by atoms with E-state index in [1.807, 2.05) is 5.38 Å². The molecule has 2 aromatic heterocycles. The van der Waals surface area contributed by atoms with Crippen LogP contribution in [-0.2, 0) is 25.9 Å². The first-order valence-electron chi connectivity index (χ1n) is 8.67. The lowest BCUT2D eigenvalue weighted by molar-refractivity contribution is 0.0949. The predicted octanol–water partition coefficient (Wildman–Crippen LogP) is 2.66. The van der Waals surface area contributed by atoms with E-state index >= 15 is 0 Å². The largest absolute Gasteiger partial charge is 0.447 e. The van der Waals surface area contributed by atoms with Crippen LogP contribution in [-0.4, -0.2) is 33.9 Å². The molecular formula is C19H20N4O2S. The van der Waals surface area contributed by atoms with Crippen molar-refractivity contribution in [2.24, 2.45) is 0 Å². The van der Waals surface area contributed by atoms with Crippen LogP contribution in [0.25, 0.3) is 0 Å². The molecule has 1 amide bonds. The zero-order chi connectivity index (χ0) is 17.8. The van der Waals surface area contributed by atoms with Crippen LogP contribution in [0.3, 0.4) is 0 Å². The lowest BCUT2D eigenvalue weighted by Gasteiger charge is -2.27. The van der Waals surface area contributed by atoms with Crippen LogP contribution in [0.15, 0.2) is 45.8 Å². The molecule has 26 heavy (non-hydrogen) atoms. The van der Waals surface area contributed by atoms with E-state index in [2.05, 4.69) is 44.5 Å². The summed E-state index contributed by atoms with van der Waals surface area (Å²) in [5.41, 5.74) is 5.87. The van der Waals surface area contributed by atoms with Gasteiger partial charge in [0.2, 0.25) is 5.89 Å². The Morgan fingerprint density at radius 1 is 1.31 bits per heavy atom. The van der Waals surface area contributed by atoms with E-state index in [9.17, 15) is 4.79 Å². The third kappa shape index (κ3) is 4.00. The molecule has 0 fully saturated rings. The van der Waals surface area contributed by atoms with E-state index in [1.165, 1.54) is 17.4 Å². The summed E-state index contributed by atoms with van der Waals surface area (Å²) in [6.45, 7) is 3.00. The Labute approximate surface area is 155 Å². The van der Waals surface area contributed by atoms with Gasteiger partial charge in [0, 0.05) is 31.4 Å². The molecule has 0 unspecified atom stereocenters. The Morgan fingerprint density at radius 2 is 2.19 bits per heavy atom. The molecule has 7 heteroatoms. The number of hydrogen-bond acceptors (Lipinski definition) is 6. The SMILES string of the molecule is O=C(NCCc1cscn1)c1coc(CN2CCc3ccccc3C2)n1. The van der Waals surface area contributed by atoms with Gasteiger partial charge in [-0.15, -0.1) is 11.3 Å². The van der Waals surface area contributed by atoms with Gasteiger partial charge in [-0.05, 0) is 17.5 Å². The van der Waals surface area contributed by atoms with Crippen molar-refractivity contribution in [1.82, 2.24) is 20.2 Å². The first-order valence-corrected chi connectivity index (χ1v) is 9.61. The summed E-state index contributed by atoms with van der Waals surface area (Å²) in [5, 5.41) is 4.84. The molecule has 0 atom stereocenters. The van der Waals surface area contributed by atoms with Gasteiger partial charge >= 0.3 is 0 Å². The van der Waals surface area contributed by atoms with Crippen LogP contribution in [0.4, 0.5) is 0 Å². The zero-order valence-electron chi connectivity index (χ0n) is 14.4. The summed E-state index contributed by atoms with van der Waals surface area (Å²) >= 11 is 1.55. The average molecular weight is 368 g/mol. The zero-order valence-corrected chi connectivity index (χ0v) is 15.2. The Kier molecular flexibility index (Phi) is 5.08. The molecule has 3 aromatic rings. The van der Waals surface area contributed by atoms with E-state index in [0.717, 1.165) is 25.2 Å². The fourth-order valence-corrected chi connectivity index (χ4v) is 3.72. The van der Waals surface area contributed by atoms with Crippen molar-refractivity contribution in [1.29, 1.82) is 0 Å². The van der Waals surface area contributed by atoms with Gasteiger partial charge in [-0.1, -0.05) is 24.3 Å². The summed E-state index contributed by atoms with van der Waals surface area (Å²) < 4.78 is 5.50. The molecule has 0 bridgehead atoms. The number of aromatic nitrogens is 2. The normalized spacial score (nSPS) is 14.2. The number of thiazole rings is 1. The van der Waals surface area contributed by atoms with Crippen molar-refractivity contribution in [3.05, 3.63) is 69.8 Å². The van der Waals surface area contributed by atoms with Crippen LogP contribution in [0.1, 0.15) is 33.2 Å². The molecule has 1 aliphatic heterocycles. The van der Waals surface area contributed by atoms with Gasteiger partial charge in [0.05, 0.1) is 17.7 Å². The van der Waals surface area contributed by atoms with E-state index in [4.69, 9.17) is 4.42 Å². The summed E-state index contributed by atoms with van der Waals surface area (Å²) in [7, 11) is 0. The van der Waals surface area contributed by atoms with E-state index in [1.54, 1.807) is 16.8 Å². The van der Waals surface area contributed by atoms with Gasteiger partial charge in [0.1, 0.15) is 6.26 Å². The van der Waals surface area contributed by atoms with Gasteiger partial charge < -0.3 is 9.73 Å². The number of nitrogens with zero attached hydrogens (tertiary/aromatic N) is 3. The summed E-state index contributed by atoms with van der Waals surface area (Å²) in [5.74, 6) is 0.369. The second-order valence-electron chi connectivity index (χ2n) is 6.34. The number of oxazole rings is 1. The number of hydrogen-bond donors (Lipinski definition) is 1. The highest BCUT2D eigenvalue weighted by Crippen LogP contribution is 2.20. The molecule has 134 valence electrons. The first-order chi connectivity index (χ1) is 12.8. The van der Waals surface area contributed by atoms with Gasteiger partial charge in [-0.2, -0.15) is 0 Å². The summed E-state index contributed by atoms with van der Waals surface area (Å²) in [4.78, 5) is 23.0. The maximum Gasteiger partial charge on any atom is 0.273 e. The van der Waals surface area contributed by atoms with Crippen LogP contribution in [0.5, 0.6) is 0 Å². The molecule has 0 saturated heterocycles. The van der Waals surface area contributed by atoms with Gasteiger partial charge in [0.15, 0.2) is 5.69 Å². The summed E-state index contributed by atoms with van der Waals surface area (Å²) in [6.07, 6.45) is 3.18. The Balaban J connectivity index is 1.30. The fourth-order valence-electron chi connectivity index (χ4n) is 3.12. The maximum atomic E-state index is 12.2.